The molecule has 0 saturated carbocycles. The summed E-state index contributed by atoms with van der Waals surface area (Å²) >= 11 is 0. The van der Waals surface area contributed by atoms with Gasteiger partial charge in [-0.15, -0.1) is 0 Å². The molecular formula is C42H78N4O9. The molecule has 3 fully saturated rings. The molecule has 0 bridgehead atoms. The van der Waals surface area contributed by atoms with E-state index < -0.39 is 17.9 Å². The molecule has 0 radical (unpaired) electrons. The third-order valence-corrected chi connectivity index (χ3v) is 10.9. The van der Waals surface area contributed by atoms with Crippen molar-refractivity contribution in [2.45, 2.75) is 213 Å². The van der Waals surface area contributed by atoms with Crippen molar-refractivity contribution in [1.29, 1.82) is 0 Å². The SMILES string of the molecule is CCCON1C(C)(C)CC(OC(=O)CN(CC(=O)OC2CC(C)(C)N(OCCC)C(C)(C)C2)CC(=O)OC2CC(C)(C)N(OCCC)C(C)(C)C2)CC1(C)C. The van der Waals surface area contributed by atoms with Gasteiger partial charge in [-0.1, -0.05) is 20.8 Å². The minimum Gasteiger partial charge on any atom is -0.461 e. The Hall–Kier alpha value is -1.87. The van der Waals surface area contributed by atoms with Crippen molar-refractivity contribution in [3.8, 4) is 0 Å². The highest BCUT2D eigenvalue weighted by Crippen LogP contribution is 2.42. The lowest BCUT2D eigenvalue weighted by atomic mass is 9.80. The van der Waals surface area contributed by atoms with E-state index in [1.165, 1.54) is 4.90 Å². The van der Waals surface area contributed by atoms with Crippen molar-refractivity contribution in [3.05, 3.63) is 0 Å². The minimum absolute atomic E-state index is 0.266. The van der Waals surface area contributed by atoms with E-state index in [2.05, 4.69) is 104 Å². The lowest BCUT2D eigenvalue weighted by Gasteiger charge is -2.53. The topological polar surface area (TPSA) is 120 Å². The molecule has 0 N–H and O–H groups in total. The molecule has 0 amide bonds. The van der Waals surface area contributed by atoms with Gasteiger partial charge in [0.15, 0.2) is 0 Å². The highest BCUT2D eigenvalue weighted by atomic mass is 16.7. The summed E-state index contributed by atoms with van der Waals surface area (Å²) in [6.45, 7) is 32.4. The fourth-order valence-corrected chi connectivity index (χ4v) is 9.75. The normalized spacial score (nSPS) is 24.4. The van der Waals surface area contributed by atoms with Crippen LogP contribution in [0.25, 0.3) is 0 Å². The summed E-state index contributed by atoms with van der Waals surface area (Å²) < 4.78 is 18.3. The zero-order chi connectivity index (χ0) is 41.6. The van der Waals surface area contributed by atoms with Gasteiger partial charge in [0.25, 0.3) is 0 Å². The van der Waals surface area contributed by atoms with Crippen molar-refractivity contribution in [1.82, 2.24) is 20.1 Å². The van der Waals surface area contributed by atoms with E-state index in [-0.39, 0.29) is 71.2 Å². The number of carbonyl (C=O) groups excluding carboxylic acids is 3. The second-order valence-corrected chi connectivity index (χ2v) is 20.0. The van der Waals surface area contributed by atoms with Crippen LogP contribution in [0.4, 0.5) is 0 Å². The zero-order valence-electron chi connectivity index (χ0n) is 37.3. The number of piperidine rings is 3. The third kappa shape index (κ3) is 13.1. The van der Waals surface area contributed by atoms with E-state index in [0.717, 1.165) is 19.3 Å². The Kier molecular flexibility index (Phi) is 16.2. The van der Waals surface area contributed by atoms with Crippen LogP contribution in [-0.4, -0.2) is 129 Å². The Morgan fingerprint density at radius 2 is 0.636 bits per heavy atom. The van der Waals surface area contributed by atoms with Crippen LogP contribution >= 0.6 is 0 Å². The van der Waals surface area contributed by atoms with Crippen molar-refractivity contribution in [3.63, 3.8) is 0 Å². The molecular weight excluding hydrogens is 704 g/mol. The molecule has 0 atom stereocenters. The molecule has 13 nitrogen and oxygen atoms in total. The van der Waals surface area contributed by atoms with Gasteiger partial charge in [-0.2, -0.15) is 15.2 Å². The molecule has 3 aliphatic rings. The van der Waals surface area contributed by atoms with Gasteiger partial charge in [-0.05, 0) is 102 Å². The summed E-state index contributed by atoms with van der Waals surface area (Å²) in [4.78, 5) is 61.0. The summed E-state index contributed by atoms with van der Waals surface area (Å²) in [7, 11) is 0. The molecule has 55 heavy (non-hydrogen) atoms. The Morgan fingerprint density at radius 1 is 0.436 bits per heavy atom. The van der Waals surface area contributed by atoms with Gasteiger partial charge in [-0.25, -0.2) is 0 Å². The van der Waals surface area contributed by atoms with Crippen LogP contribution in [0.5, 0.6) is 0 Å². The first-order valence-corrected chi connectivity index (χ1v) is 20.9. The second-order valence-electron chi connectivity index (χ2n) is 20.0. The van der Waals surface area contributed by atoms with Crippen molar-refractivity contribution in [2.24, 2.45) is 0 Å². The molecule has 3 heterocycles. The summed E-state index contributed by atoms with van der Waals surface area (Å²) in [5.41, 5.74) is -2.29. The monoisotopic (exact) mass is 783 g/mol. The van der Waals surface area contributed by atoms with Gasteiger partial charge in [0.2, 0.25) is 0 Å². The smallest absolute Gasteiger partial charge is 0.320 e. The molecule has 3 rings (SSSR count). The molecule has 0 unspecified atom stereocenters. The number of hydrogen-bond acceptors (Lipinski definition) is 13. The molecule has 0 aromatic carbocycles. The van der Waals surface area contributed by atoms with Gasteiger partial charge in [0, 0.05) is 71.8 Å². The number of hydroxylamine groups is 6. The maximum Gasteiger partial charge on any atom is 0.320 e. The number of rotatable bonds is 18. The molecule has 0 aliphatic carbocycles. The van der Waals surface area contributed by atoms with Gasteiger partial charge in [-0.3, -0.25) is 33.8 Å². The average molecular weight is 783 g/mol. The molecule has 3 saturated heterocycles. The fourth-order valence-electron chi connectivity index (χ4n) is 9.75. The van der Waals surface area contributed by atoms with Crippen molar-refractivity contribution >= 4 is 17.9 Å². The molecule has 3 aliphatic heterocycles. The first-order valence-electron chi connectivity index (χ1n) is 20.9. The summed E-state index contributed by atoms with van der Waals surface area (Å²) in [6.07, 6.45) is 5.05. The first-order chi connectivity index (χ1) is 25.3. The summed E-state index contributed by atoms with van der Waals surface area (Å²) in [5, 5.41) is 6.12. The van der Waals surface area contributed by atoms with Crippen LogP contribution in [0.1, 0.15) is 162 Å². The number of carbonyl (C=O) groups is 3. The molecule has 0 aromatic heterocycles. The van der Waals surface area contributed by atoms with E-state index in [0.29, 0.717) is 58.3 Å². The zero-order valence-corrected chi connectivity index (χ0v) is 37.3. The van der Waals surface area contributed by atoms with Crippen LogP contribution < -0.4 is 0 Å². The van der Waals surface area contributed by atoms with E-state index in [1.54, 1.807) is 0 Å². The van der Waals surface area contributed by atoms with Gasteiger partial charge >= 0.3 is 17.9 Å². The lowest BCUT2D eigenvalue weighted by molar-refractivity contribution is -0.293. The van der Waals surface area contributed by atoms with E-state index in [1.807, 2.05) is 15.2 Å². The maximum atomic E-state index is 13.7. The fraction of sp³-hybridized carbons (Fsp3) is 0.929. The second kappa shape index (κ2) is 18.8. The predicted octanol–water partition coefficient (Wildman–Crippen LogP) is 7.01. The lowest BCUT2D eigenvalue weighted by Crippen LogP contribution is -2.62. The number of nitrogens with zero attached hydrogens (tertiary/aromatic N) is 4. The van der Waals surface area contributed by atoms with Gasteiger partial charge in [0.1, 0.15) is 18.3 Å². The Balaban J connectivity index is 1.75. The van der Waals surface area contributed by atoms with Crippen molar-refractivity contribution < 1.29 is 43.1 Å². The highest BCUT2D eigenvalue weighted by Gasteiger charge is 2.50. The first kappa shape index (κ1) is 47.5. The summed E-state index contributed by atoms with van der Waals surface area (Å²) in [5.74, 6) is -1.52. The largest absolute Gasteiger partial charge is 0.461 e. The van der Waals surface area contributed by atoms with E-state index in [9.17, 15) is 14.4 Å². The summed E-state index contributed by atoms with van der Waals surface area (Å²) in [6, 6.07) is 0. The number of esters is 3. The Labute approximate surface area is 333 Å². The number of hydrogen-bond donors (Lipinski definition) is 0. The Bertz CT molecular complexity index is 1080. The maximum absolute atomic E-state index is 13.7. The standard InChI is InChI=1S/C42H78N4O9/c1-16-19-50-44-37(4,5)22-31(23-38(44,6)7)53-34(47)28-43(29-35(48)54-32-24-39(8,9)45(51-20-17-2)40(10,11)25-32)30-36(49)55-33-26-41(12,13)46(52-21-18-3)42(14,15)27-33/h31-33H,16-30H2,1-15H3. The molecule has 0 aromatic rings. The molecule has 13 heteroatoms. The van der Waals surface area contributed by atoms with E-state index >= 15 is 0 Å². The Morgan fingerprint density at radius 3 is 0.818 bits per heavy atom. The highest BCUT2D eigenvalue weighted by molar-refractivity contribution is 5.78. The molecule has 0 spiro atoms. The quantitative estimate of drug-likeness (QED) is 0.105. The van der Waals surface area contributed by atoms with Crippen LogP contribution in [0.15, 0.2) is 0 Å². The van der Waals surface area contributed by atoms with Gasteiger partial charge in [0.05, 0.1) is 39.5 Å². The minimum atomic E-state index is -0.507. The third-order valence-electron chi connectivity index (χ3n) is 10.9. The number of ether oxygens (including phenoxy) is 3. The molecule has 320 valence electrons. The van der Waals surface area contributed by atoms with Crippen LogP contribution in [0.2, 0.25) is 0 Å². The van der Waals surface area contributed by atoms with Gasteiger partial charge < -0.3 is 14.2 Å². The van der Waals surface area contributed by atoms with Crippen LogP contribution in [-0.2, 0) is 43.1 Å². The average Bonchev–Trinajstić information content (AvgIpc) is 2.97. The predicted molar refractivity (Wildman–Crippen MR) is 213 cm³/mol. The van der Waals surface area contributed by atoms with E-state index in [4.69, 9.17) is 28.7 Å². The van der Waals surface area contributed by atoms with Crippen LogP contribution in [0, 0.1) is 0 Å². The van der Waals surface area contributed by atoms with Crippen molar-refractivity contribution in [2.75, 3.05) is 39.5 Å². The van der Waals surface area contributed by atoms with Crippen LogP contribution in [0.3, 0.4) is 0 Å².